The molecule has 0 bridgehead atoms. The maximum absolute atomic E-state index is 11.7. The summed E-state index contributed by atoms with van der Waals surface area (Å²) in [5.74, 6) is 0.794. The van der Waals surface area contributed by atoms with E-state index in [1.165, 1.54) is 0 Å². The highest BCUT2D eigenvalue weighted by Gasteiger charge is 2.25. The second-order valence-corrected chi connectivity index (χ2v) is 5.40. The first-order chi connectivity index (χ1) is 9.06. The van der Waals surface area contributed by atoms with Gasteiger partial charge in [0.2, 0.25) is 5.91 Å². The number of aromatic nitrogens is 1. The Morgan fingerprint density at radius 3 is 2.95 bits per heavy atom. The van der Waals surface area contributed by atoms with Gasteiger partial charge < -0.3 is 16.0 Å². The lowest BCUT2D eigenvalue weighted by molar-refractivity contribution is -0.121. The number of pyridine rings is 1. The lowest BCUT2D eigenvalue weighted by atomic mass is 10.2. The molecule has 2 unspecified atom stereocenters. The Morgan fingerprint density at radius 2 is 2.33 bits per heavy atom. The highest BCUT2D eigenvalue weighted by molar-refractivity contribution is 6.32. The normalized spacial score (nSPS) is 18.4. The molecule has 2 heterocycles. The first kappa shape index (κ1) is 20.2. The molecular formula is C13H21Cl3N4O. The van der Waals surface area contributed by atoms with Crippen molar-refractivity contribution >= 4 is 48.1 Å². The van der Waals surface area contributed by atoms with E-state index in [-0.39, 0.29) is 42.8 Å². The Hall–Kier alpha value is -0.750. The fraction of sp³-hybridized carbons (Fsp3) is 0.538. The van der Waals surface area contributed by atoms with Crippen LogP contribution in [-0.4, -0.2) is 36.1 Å². The number of carbonyl (C=O) groups is 1. The molecule has 1 amide bonds. The number of hydrogen-bond acceptors (Lipinski definition) is 4. The molecule has 5 nitrogen and oxygen atoms in total. The minimum absolute atomic E-state index is 0. The molecule has 0 radical (unpaired) electrons. The summed E-state index contributed by atoms with van der Waals surface area (Å²) < 4.78 is 0. The summed E-state index contributed by atoms with van der Waals surface area (Å²) in [6, 6.07) is 3.67. The molecule has 1 aliphatic heterocycles. The molecule has 1 aliphatic rings. The van der Waals surface area contributed by atoms with E-state index in [9.17, 15) is 4.79 Å². The summed E-state index contributed by atoms with van der Waals surface area (Å²) in [5, 5.41) is 3.64. The Bertz CT molecular complexity index is 459. The molecular weight excluding hydrogens is 335 g/mol. The third-order valence-corrected chi connectivity index (χ3v) is 3.39. The van der Waals surface area contributed by atoms with Gasteiger partial charge in [-0.15, -0.1) is 24.8 Å². The Balaban J connectivity index is 0.00000200. The summed E-state index contributed by atoms with van der Waals surface area (Å²) in [6.45, 7) is 3.41. The number of carbonyl (C=O) groups excluding carboxylic acids is 1. The summed E-state index contributed by atoms with van der Waals surface area (Å²) >= 11 is 6.12. The number of rotatable bonds is 4. The van der Waals surface area contributed by atoms with Gasteiger partial charge in [-0.05, 0) is 25.5 Å². The van der Waals surface area contributed by atoms with Crippen molar-refractivity contribution in [1.82, 2.24) is 10.3 Å². The Kier molecular flexibility index (Phi) is 8.97. The van der Waals surface area contributed by atoms with E-state index < -0.39 is 0 Å². The topological polar surface area (TPSA) is 71.2 Å². The monoisotopic (exact) mass is 354 g/mol. The van der Waals surface area contributed by atoms with Gasteiger partial charge in [-0.2, -0.15) is 0 Å². The van der Waals surface area contributed by atoms with Gasteiger partial charge in [0.25, 0.3) is 0 Å². The molecule has 2 rings (SSSR count). The number of amides is 1. The smallest absolute Gasteiger partial charge is 0.221 e. The van der Waals surface area contributed by atoms with E-state index in [1.807, 2.05) is 19.1 Å². The lowest BCUT2D eigenvalue weighted by Gasteiger charge is -2.19. The van der Waals surface area contributed by atoms with E-state index in [1.54, 1.807) is 6.20 Å². The fourth-order valence-electron chi connectivity index (χ4n) is 2.26. The summed E-state index contributed by atoms with van der Waals surface area (Å²) in [7, 11) is 0. The molecule has 1 aromatic rings. The molecule has 120 valence electrons. The molecule has 0 spiro atoms. The average Bonchev–Trinajstić information content (AvgIpc) is 2.76. The van der Waals surface area contributed by atoms with Crippen molar-refractivity contribution in [1.29, 1.82) is 0 Å². The number of nitrogens with two attached hydrogens (primary N) is 1. The van der Waals surface area contributed by atoms with Crippen molar-refractivity contribution < 1.29 is 4.79 Å². The van der Waals surface area contributed by atoms with E-state index in [2.05, 4.69) is 15.2 Å². The SMILES string of the molecule is CC(N)CC(=O)NC1CCN(c2ncccc2Cl)C1.Cl.Cl. The summed E-state index contributed by atoms with van der Waals surface area (Å²) in [5.41, 5.74) is 5.61. The molecule has 1 saturated heterocycles. The molecule has 1 aromatic heterocycles. The second-order valence-electron chi connectivity index (χ2n) is 4.99. The first-order valence-corrected chi connectivity index (χ1v) is 6.84. The number of halogens is 3. The highest BCUT2D eigenvalue weighted by atomic mass is 35.5. The maximum atomic E-state index is 11.7. The van der Waals surface area contributed by atoms with Crippen molar-refractivity contribution in [2.45, 2.75) is 31.8 Å². The average molecular weight is 356 g/mol. The molecule has 0 aliphatic carbocycles. The quantitative estimate of drug-likeness (QED) is 0.866. The van der Waals surface area contributed by atoms with Crippen LogP contribution in [0.25, 0.3) is 0 Å². The Morgan fingerprint density at radius 1 is 1.62 bits per heavy atom. The zero-order valence-corrected chi connectivity index (χ0v) is 14.2. The van der Waals surface area contributed by atoms with Crippen molar-refractivity contribution in [3.8, 4) is 0 Å². The third kappa shape index (κ3) is 5.87. The molecule has 1 fully saturated rings. The van der Waals surface area contributed by atoms with Crippen LogP contribution in [0.4, 0.5) is 5.82 Å². The van der Waals surface area contributed by atoms with E-state index in [0.717, 1.165) is 25.3 Å². The van der Waals surface area contributed by atoms with Crippen molar-refractivity contribution in [2.24, 2.45) is 5.73 Å². The Labute approximate surface area is 142 Å². The van der Waals surface area contributed by atoms with Crippen molar-refractivity contribution in [3.63, 3.8) is 0 Å². The number of nitrogens with zero attached hydrogens (tertiary/aromatic N) is 2. The molecule has 3 N–H and O–H groups in total. The molecule has 2 atom stereocenters. The van der Waals surface area contributed by atoms with Crippen LogP contribution < -0.4 is 16.0 Å². The van der Waals surface area contributed by atoms with Gasteiger partial charge in [-0.1, -0.05) is 11.6 Å². The summed E-state index contributed by atoms with van der Waals surface area (Å²) in [4.78, 5) is 18.0. The third-order valence-electron chi connectivity index (χ3n) is 3.10. The van der Waals surface area contributed by atoms with Crippen molar-refractivity contribution in [2.75, 3.05) is 18.0 Å². The molecule has 0 saturated carbocycles. The minimum Gasteiger partial charge on any atom is -0.353 e. The fourth-order valence-corrected chi connectivity index (χ4v) is 2.50. The van der Waals surface area contributed by atoms with Gasteiger partial charge in [0, 0.05) is 37.8 Å². The first-order valence-electron chi connectivity index (χ1n) is 6.46. The van der Waals surface area contributed by atoms with Gasteiger partial charge in [0.05, 0.1) is 5.02 Å². The van der Waals surface area contributed by atoms with E-state index in [4.69, 9.17) is 17.3 Å². The number of hydrogen-bond donors (Lipinski definition) is 2. The minimum atomic E-state index is -0.109. The predicted octanol–water partition coefficient (Wildman–Crippen LogP) is 2.01. The van der Waals surface area contributed by atoms with Gasteiger partial charge in [0.15, 0.2) is 0 Å². The van der Waals surface area contributed by atoms with Gasteiger partial charge in [-0.3, -0.25) is 4.79 Å². The van der Waals surface area contributed by atoms with Crippen LogP contribution in [0.2, 0.25) is 5.02 Å². The van der Waals surface area contributed by atoms with Crippen LogP contribution in [0.15, 0.2) is 18.3 Å². The van der Waals surface area contributed by atoms with Crippen LogP contribution >= 0.6 is 36.4 Å². The number of nitrogens with one attached hydrogen (secondary N) is 1. The zero-order chi connectivity index (χ0) is 13.8. The van der Waals surface area contributed by atoms with Crippen LogP contribution in [-0.2, 0) is 4.79 Å². The zero-order valence-electron chi connectivity index (χ0n) is 11.8. The van der Waals surface area contributed by atoms with E-state index in [0.29, 0.717) is 11.4 Å². The second kappa shape index (κ2) is 9.30. The van der Waals surface area contributed by atoms with Gasteiger partial charge >= 0.3 is 0 Å². The van der Waals surface area contributed by atoms with E-state index >= 15 is 0 Å². The summed E-state index contributed by atoms with van der Waals surface area (Å²) in [6.07, 6.45) is 2.99. The maximum Gasteiger partial charge on any atom is 0.221 e. The number of anilines is 1. The molecule has 8 heteroatoms. The van der Waals surface area contributed by atoms with Crippen LogP contribution in [0.1, 0.15) is 19.8 Å². The lowest BCUT2D eigenvalue weighted by Crippen LogP contribution is -2.39. The largest absolute Gasteiger partial charge is 0.353 e. The van der Waals surface area contributed by atoms with Crippen LogP contribution in [0.3, 0.4) is 0 Å². The van der Waals surface area contributed by atoms with Crippen LogP contribution in [0, 0.1) is 0 Å². The van der Waals surface area contributed by atoms with Crippen molar-refractivity contribution in [3.05, 3.63) is 23.4 Å². The van der Waals surface area contributed by atoms with Gasteiger partial charge in [-0.25, -0.2) is 4.98 Å². The predicted molar refractivity (Wildman–Crippen MR) is 90.8 cm³/mol. The standard InChI is InChI=1S/C13H19ClN4O.2ClH/c1-9(15)7-12(19)17-10-4-6-18(8-10)13-11(14)3-2-5-16-13;;/h2-3,5,9-10H,4,6-8,15H2,1H3,(H,17,19);2*1H. The molecule has 21 heavy (non-hydrogen) atoms. The molecule has 0 aromatic carbocycles. The van der Waals surface area contributed by atoms with Gasteiger partial charge in [0.1, 0.15) is 5.82 Å². The van der Waals surface area contributed by atoms with Crippen LogP contribution in [0.5, 0.6) is 0 Å². The highest BCUT2D eigenvalue weighted by Crippen LogP contribution is 2.25.